The van der Waals surface area contributed by atoms with Crippen LogP contribution < -0.4 is 4.90 Å². The van der Waals surface area contributed by atoms with Crippen LogP contribution in [0.5, 0.6) is 0 Å². The minimum Gasteiger partial charge on any atom is -0.481 e. The molecule has 2 N–H and O–H groups in total. The molecule has 0 saturated carbocycles. The smallest absolute Gasteiger partial charge is 0.307 e. The number of carboxylic acids is 1. The molecule has 0 spiro atoms. The summed E-state index contributed by atoms with van der Waals surface area (Å²) in [7, 11) is 2.15. The van der Waals surface area contributed by atoms with Gasteiger partial charge < -0.3 is 20.0 Å². The van der Waals surface area contributed by atoms with E-state index in [0.29, 0.717) is 5.02 Å². The van der Waals surface area contributed by atoms with Crippen molar-refractivity contribution in [3.8, 4) is 33.0 Å². The number of hydrogen-bond donors (Lipinski definition) is 2. The van der Waals surface area contributed by atoms with Crippen LogP contribution in [-0.4, -0.2) is 74.9 Å². The number of thiazole rings is 1. The van der Waals surface area contributed by atoms with E-state index in [0.717, 1.165) is 86.3 Å². The fraction of sp³-hybridized carbons (Fsp3) is 0.314. The van der Waals surface area contributed by atoms with E-state index in [-0.39, 0.29) is 6.42 Å². The van der Waals surface area contributed by atoms with Crippen molar-refractivity contribution in [2.24, 2.45) is 0 Å². The largest absolute Gasteiger partial charge is 0.481 e. The van der Waals surface area contributed by atoms with Gasteiger partial charge in [0.1, 0.15) is 10.8 Å². The highest BCUT2D eigenvalue weighted by atomic mass is 35.5. The minimum absolute atomic E-state index is 0.0660. The van der Waals surface area contributed by atoms with Crippen molar-refractivity contribution >= 4 is 44.9 Å². The van der Waals surface area contributed by atoms with Gasteiger partial charge in [-0.3, -0.25) is 9.78 Å². The summed E-state index contributed by atoms with van der Waals surface area (Å²) >= 11 is 7.72. The van der Waals surface area contributed by atoms with E-state index in [9.17, 15) is 9.90 Å². The van der Waals surface area contributed by atoms with Crippen molar-refractivity contribution in [2.75, 3.05) is 38.1 Å². The highest BCUT2D eigenvalue weighted by molar-refractivity contribution is 7.22. The molecule has 0 atom stereocenters. The predicted octanol–water partition coefficient (Wildman–Crippen LogP) is 7.21. The summed E-state index contributed by atoms with van der Waals surface area (Å²) in [4.78, 5) is 30.7. The average molecular weight is 644 g/mol. The van der Waals surface area contributed by atoms with Crippen LogP contribution in [0.4, 0.5) is 5.82 Å². The van der Waals surface area contributed by atoms with Gasteiger partial charge >= 0.3 is 5.97 Å². The summed E-state index contributed by atoms with van der Waals surface area (Å²) in [5.74, 6) is 0.120. The molecule has 0 unspecified atom stereocenters. The van der Waals surface area contributed by atoms with Crippen molar-refractivity contribution < 1.29 is 15.0 Å². The number of hydrogen-bond acceptors (Lipinski definition) is 8. The molecule has 0 amide bonds. The van der Waals surface area contributed by atoms with Crippen molar-refractivity contribution in [1.29, 1.82) is 0 Å². The number of fused-ring (bicyclic) bond motifs is 1. The zero-order valence-electron chi connectivity index (χ0n) is 26.2. The molecule has 234 valence electrons. The number of carbonyl (C=O) groups is 1. The lowest BCUT2D eigenvalue weighted by Gasteiger charge is -2.33. The maximum absolute atomic E-state index is 11.8. The van der Waals surface area contributed by atoms with E-state index < -0.39 is 11.6 Å². The number of nitrogens with zero attached hydrogens (tertiary/aromatic N) is 5. The number of aliphatic carboxylic acids is 1. The molecular weight excluding hydrogens is 606 g/mol. The first-order chi connectivity index (χ1) is 21.4. The second-order valence-corrected chi connectivity index (χ2v) is 13.7. The Morgan fingerprint density at radius 3 is 2.24 bits per heavy atom. The highest BCUT2D eigenvalue weighted by Gasteiger charge is 2.20. The maximum Gasteiger partial charge on any atom is 0.307 e. The Kier molecular flexibility index (Phi) is 9.84. The van der Waals surface area contributed by atoms with Gasteiger partial charge in [0.2, 0.25) is 0 Å². The molecular formula is C35H38ClN5O3S. The van der Waals surface area contributed by atoms with E-state index in [1.54, 1.807) is 38.3 Å². The van der Waals surface area contributed by atoms with E-state index in [2.05, 4.69) is 34.0 Å². The van der Waals surface area contributed by atoms with E-state index in [1.165, 1.54) is 0 Å². The van der Waals surface area contributed by atoms with Gasteiger partial charge in [0.25, 0.3) is 0 Å². The number of anilines is 1. The molecule has 2 aromatic carbocycles. The number of aryl methyl sites for hydroxylation is 1. The Balaban J connectivity index is 0.000000743. The van der Waals surface area contributed by atoms with Crippen LogP contribution in [0, 0.1) is 6.92 Å². The molecule has 3 aromatic heterocycles. The van der Waals surface area contributed by atoms with Crippen LogP contribution in [0.15, 0.2) is 67.0 Å². The third-order valence-corrected chi connectivity index (χ3v) is 8.74. The summed E-state index contributed by atoms with van der Waals surface area (Å²) in [5, 5.41) is 19.7. The Morgan fingerprint density at radius 1 is 0.956 bits per heavy atom. The first-order valence-electron chi connectivity index (χ1n) is 14.8. The fourth-order valence-corrected chi connectivity index (χ4v) is 6.40. The van der Waals surface area contributed by atoms with Gasteiger partial charge in [-0.15, -0.1) is 11.3 Å². The number of carboxylic acid groups (broad SMARTS) is 1. The molecule has 0 aliphatic carbocycles. The topological polar surface area (TPSA) is 103 Å². The monoisotopic (exact) mass is 643 g/mol. The summed E-state index contributed by atoms with van der Waals surface area (Å²) in [5.41, 5.74) is 6.58. The van der Waals surface area contributed by atoms with Gasteiger partial charge in [0.05, 0.1) is 27.9 Å². The number of halogens is 1. The number of aliphatic hydroxyl groups is 1. The minimum atomic E-state index is -0.867. The van der Waals surface area contributed by atoms with Crippen molar-refractivity contribution in [3.05, 3.63) is 83.1 Å². The molecule has 1 saturated heterocycles. The second-order valence-electron chi connectivity index (χ2n) is 12.3. The molecule has 1 aliphatic heterocycles. The number of benzene rings is 2. The summed E-state index contributed by atoms with van der Waals surface area (Å²) in [6.07, 6.45) is 3.62. The lowest BCUT2D eigenvalue weighted by atomic mass is 9.93. The van der Waals surface area contributed by atoms with Crippen LogP contribution in [0.3, 0.4) is 0 Å². The highest BCUT2D eigenvalue weighted by Crippen LogP contribution is 2.41. The van der Waals surface area contributed by atoms with Gasteiger partial charge in [-0.05, 0) is 93.9 Å². The van der Waals surface area contributed by atoms with Gasteiger partial charge in [0.15, 0.2) is 0 Å². The standard InChI is InChI=1S/C31H28ClN5O2S.C4H10O/c1-19-15-26-30(29(24(19)17-28(38)39)20-3-6-23(32)7-4-20)40-31(35-26)21-9-10-33-25(16-21)22-5-8-27(34-18-22)37-13-11-36(2)12-14-37;1-4(2,3)5/h3-10,15-16,18H,11-14,17H2,1-2H3,(H,38,39);5H,1-3H3. The molecule has 45 heavy (non-hydrogen) atoms. The van der Waals surface area contributed by atoms with Crippen molar-refractivity contribution in [1.82, 2.24) is 19.9 Å². The van der Waals surface area contributed by atoms with Gasteiger partial charge in [-0.1, -0.05) is 23.7 Å². The number of likely N-dealkylation sites (N-methyl/N-ethyl adjacent to an activating group) is 1. The molecule has 4 heterocycles. The third kappa shape index (κ3) is 8.23. The van der Waals surface area contributed by atoms with E-state index in [1.807, 2.05) is 55.6 Å². The van der Waals surface area contributed by atoms with Crippen molar-refractivity contribution in [2.45, 2.75) is 39.7 Å². The van der Waals surface area contributed by atoms with Gasteiger partial charge in [-0.2, -0.15) is 0 Å². The summed E-state index contributed by atoms with van der Waals surface area (Å²) in [6.45, 7) is 11.2. The number of piperazine rings is 1. The Hall–Kier alpha value is -3.89. The summed E-state index contributed by atoms with van der Waals surface area (Å²) in [6, 6.07) is 17.7. The van der Waals surface area contributed by atoms with Crippen LogP contribution >= 0.6 is 22.9 Å². The molecule has 8 nitrogen and oxygen atoms in total. The first kappa shape index (κ1) is 32.5. The first-order valence-corrected chi connectivity index (χ1v) is 16.0. The molecule has 0 radical (unpaired) electrons. The van der Waals surface area contributed by atoms with Crippen molar-refractivity contribution in [3.63, 3.8) is 0 Å². The fourth-order valence-electron chi connectivity index (χ4n) is 5.14. The number of pyridine rings is 2. The zero-order chi connectivity index (χ0) is 32.3. The SMILES string of the molecule is CC(C)(C)O.Cc1cc2nc(-c3ccnc(-c4ccc(N5CCN(C)CC5)nc4)c3)sc2c(-c2ccc(Cl)cc2)c1CC(=O)O. The average Bonchev–Trinajstić information content (AvgIpc) is 3.41. The Morgan fingerprint density at radius 2 is 1.62 bits per heavy atom. The van der Waals surface area contributed by atoms with Crippen LogP contribution in [0.1, 0.15) is 31.9 Å². The van der Waals surface area contributed by atoms with Gasteiger partial charge in [-0.25, -0.2) is 9.97 Å². The quantitative estimate of drug-likeness (QED) is 0.200. The van der Waals surface area contributed by atoms with Crippen LogP contribution in [-0.2, 0) is 11.2 Å². The normalized spacial score (nSPS) is 13.9. The van der Waals surface area contributed by atoms with E-state index in [4.69, 9.17) is 26.7 Å². The number of aromatic nitrogens is 3. The summed E-state index contributed by atoms with van der Waals surface area (Å²) < 4.78 is 0.954. The molecule has 5 aromatic rings. The molecule has 1 fully saturated rings. The third-order valence-electron chi connectivity index (χ3n) is 7.35. The molecule has 6 rings (SSSR count). The molecule has 0 bridgehead atoms. The Bertz CT molecular complexity index is 1790. The zero-order valence-corrected chi connectivity index (χ0v) is 27.8. The lowest BCUT2D eigenvalue weighted by molar-refractivity contribution is -0.136. The van der Waals surface area contributed by atoms with Crippen LogP contribution in [0.2, 0.25) is 5.02 Å². The van der Waals surface area contributed by atoms with E-state index >= 15 is 0 Å². The Labute approximate surface area is 273 Å². The van der Waals surface area contributed by atoms with Crippen LogP contribution in [0.25, 0.3) is 43.2 Å². The number of rotatable bonds is 6. The maximum atomic E-state index is 11.8. The molecule has 1 aliphatic rings. The second kappa shape index (κ2) is 13.6. The van der Waals surface area contributed by atoms with Gasteiger partial charge in [0, 0.05) is 60.3 Å². The predicted molar refractivity (Wildman–Crippen MR) is 184 cm³/mol. The lowest BCUT2D eigenvalue weighted by Crippen LogP contribution is -2.44. The molecule has 10 heteroatoms.